The molecule has 0 aromatic heterocycles. The third-order valence-corrected chi connectivity index (χ3v) is 2.43. The normalized spacial score (nSPS) is 11.1. The Morgan fingerprint density at radius 2 is 2.11 bits per heavy atom. The number of carbonyl (C=O) groups is 2. The van der Waals surface area contributed by atoms with Crippen molar-refractivity contribution in [2.45, 2.75) is 12.5 Å². The highest BCUT2D eigenvalue weighted by molar-refractivity contribution is 5.73. The second kappa shape index (κ2) is 6.98. The Balaban J connectivity index is 2.91. The average Bonchev–Trinajstić information content (AvgIpc) is 2.39. The summed E-state index contributed by atoms with van der Waals surface area (Å²) in [6.07, 6.45) is 0.810. The van der Waals surface area contributed by atoms with Crippen LogP contribution >= 0.6 is 0 Å². The maximum Gasteiger partial charge on any atom is 0.408 e. The van der Waals surface area contributed by atoms with Gasteiger partial charge < -0.3 is 15.4 Å². The van der Waals surface area contributed by atoms with E-state index in [1.54, 1.807) is 30.3 Å². The number of hydrogen-bond acceptors (Lipinski definition) is 2. The molecule has 0 spiro atoms. The molecule has 1 atom stereocenters. The topological polar surface area (TPSA) is 94.0 Å². The molecule has 0 saturated heterocycles. The number of hydrogen-bond donors (Lipinski definition) is 1. The summed E-state index contributed by atoms with van der Waals surface area (Å²) in [6, 6.07) is 7.79. The molecule has 18 heavy (non-hydrogen) atoms. The molecule has 0 aliphatic heterocycles. The van der Waals surface area contributed by atoms with Crippen molar-refractivity contribution < 1.29 is 19.5 Å². The number of amides is 1. The van der Waals surface area contributed by atoms with E-state index in [1.165, 1.54) is 6.21 Å². The Morgan fingerprint density at radius 1 is 1.44 bits per heavy atom. The standard InChI is InChI=1S/C12H13N3O3/c13-14-7-4-8-15(12(17)18)11(9-16)10-5-2-1-3-6-10/h1-3,5-7,9,11H,4,8H2,(H,17,18)/t11-/m1/s1. The summed E-state index contributed by atoms with van der Waals surface area (Å²) in [4.78, 5) is 26.0. The molecule has 0 bridgehead atoms. The van der Waals surface area contributed by atoms with Crippen molar-refractivity contribution in [1.82, 2.24) is 4.90 Å². The molecule has 0 unspecified atom stereocenters. The monoisotopic (exact) mass is 247 g/mol. The van der Waals surface area contributed by atoms with Gasteiger partial charge in [0, 0.05) is 6.54 Å². The number of carbonyl (C=O) groups excluding carboxylic acids is 1. The maximum atomic E-state index is 11.1. The first-order valence-electron chi connectivity index (χ1n) is 5.36. The van der Waals surface area contributed by atoms with Crippen LogP contribution in [-0.4, -0.2) is 39.9 Å². The largest absolute Gasteiger partial charge is 0.465 e. The molecule has 0 aliphatic carbocycles. The highest BCUT2D eigenvalue weighted by Crippen LogP contribution is 2.18. The zero-order chi connectivity index (χ0) is 13.4. The first kappa shape index (κ1) is 13.6. The summed E-state index contributed by atoms with van der Waals surface area (Å²) in [5.41, 5.74) is 8.87. The maximum absolute atomic E-state index is 11.1. The van der Waals surface area contributed by atoms with Gasteiger partial charge in [-0.2, -0.15) is 4.79 Å². The van der Waals surface area contributed by atoms with Gasteiger partial charge in [-0.05, 0) is 5.56 Å². The Hall–Kier alpha value is -2.46. The lowest BCUT2D eigenvalue weighted by Gasteiger charge is -2.24. The fraction of sp³-hybridized carbons (Fsp3) is 0.250. The first-order chi connectivity index (χ1) is 8.70. The Labute approximate surface area is 104 Å². The van der Waals surface area contributed by atoms with Crippen LogP contribution in [-0.2, 0) is 4.79 Å². The molecule has 1 aromatic carbocycles. The summed E-state index contributed by atoms with van der Waals surface area (Å²) in [5.74, 6) is 0. The van der Waals surface area contributed by atoms with Gasteiger partial charge in [-0.15, -0.1) is 0 Å². The predicted molar refractivity (Wildman–Crippen MR) is 64.3 cm³/mol. The number of rotatable bonds is 6. The molecule has 1 amide bonds. The molecule has 94 valence electrons. The van der Waals surface area contributed by atoms with Crippen molar-refractivity contribution in [3.63, 3.8) is 0 Å². The van der Waals surface area contributed by atoms with Gasteiger partial charge in [-0.25, -0.2) is 4.79 Å². The second-order valence-corrected chi connectivity index (χ2v) is 3.55. The van der Waals surface area contributed by atoms with E-state index in [0.29, 0.717) is 11.8 Å². The fourth-order valence-corrected chi connectivity index (χ4v) is 1.59. The number of carboxylic acid groups (broad SMARTS) is 1. The minimum atomic E-state index is -1.19. The summed E-state index contributed by atoms with van der Waals surface area (Å²) >= 11 is 0. The minimum absolute atomic E-state index is 0.0810. The van der Waals surface area contributed by atoms with Crippen molar-refractivity contribution >= 4 is 18.6 Å². The third kappa shape index (κ3) is 3.54. The van der Waals surface area contributed by atoms with Crippen LogP contribution in [0, 0.1) is 0 Å². The van der Waals surface area contributed by atoms with E-state index >= 15 is 0 Å². The molecule has 0 saturated carbocycles. The van der Waals surface area contributed by atoms with Gasteiger partial charge in [0.25, 0.3) is 6.21 Å². The lowest BCUT2D eigenvalue weighted by molar-refractivity contribution is -0.112. The van der Waals surface area contributed by atoms with Crippen LogP contribution in [0.15, 0.2) is 30.3 Å². The second-order valence-electron chi connectivity index (χ2n) is 3.55. The van der Waals surface area contributed by atoms with E-state index in [4.69, 9.17) is 10.6 Å². The van der Waals surface area contributed by atoms with Crippen molar-refractivity contribution in [3.05, 3.63) is 41.4 Å². The van der Waals surface area contributed by atoms with Crippen LogP contribution < -0.4 is 0 Å². The summed E-state index contributed by atoms with van der Waals surface area (Å²) in [6.45, 7) is 0.0810. The molecule has 0 aliphatic rings. The summed E-state index contributed by atoms with van der Waals surface area (Å²) in [5, 5.41) is 9.10. The van der Waals surface area contributed by atoms with Crippen LogP contribution in [0.25, 0.3) is 5.53 Å². The molecule has 0 radical (unpaired) electrons. The van der Waals surface area contributed by atoms with Crippen LogP contribution in [0.2, 0.25) is 0 Å². The van der Waals surface area contributed by atoms with E-state index in [9.17, 15) is 9.59 Å². The van der Waals surface area contributed by atoms with Crippen molar-refractivity contribution in [1.29, 1.82) is 0 Å². The van der Waals surface area contributed by atoms with E-state index in [-0.39, 0.29) is 13.0 Å². The van der Waals surface area contributed by atoms with E-state index < -0.39 is 12.1 Å². The van der Waals surface area contributed by atoms with E-state index in [2.05, 4.69) is 4.79 Å². The van der Waals surface area contributed by atoms with Crippen molar-refractivity contribution in [3.8, 4) is 0 Å². The van der Waals surface area contributed by atoms with E-state index in [0.717, 1.165) is 4.90 Å². The predicted octanol–water partition coefficient (Wildman–Crippen LogP) is 1.60. The Morgan fingerprint density at radius 3 is 2.61 bits per heavy atom. The van der Waals surface area contributed by atoms with Gasteiger partial charge in [-0.3, -0.25) is 4.90 Å². The first-order valence-corrected chi connectivity index (χ1v) is 5.36. The van der Waals surface area contributed by atoms with Gasteiger partial charge in [0.15, 0.2) is 0 Å². The third-order valence-electron chi connectivity index (χ3n) is 2.43. The van der Waals surface area contributed by atoms with Crippen LogP contribution in [0.3, 0.4) is 0 Å². The molecule has 1 rings (SSSR count). The number of aldehydes is 1. The lowest BCUT2D eigenvalue weighted by atomic mass is 10.1. The highest BCUT2D eigenvalue weighted by atomic mass is 16.4. The van der Waals surface area contributed by atoms with Crippen LogP contribution in [0.1, 0.15) is 18.0 Å². The molecule has 6 heteroatoms. The van der Waals surface area contributed by atoms with Gasteiger partial charge in [-0.1, -0.05) is 30.3 Å². The molecule has 1 N–H and O–H groups in total. The molecule has 6 nitrogen and oxygen atoms in total. The molecule has 1 aromatic rings. The zero-order valence-electron chi connectivity index (χ0n) is 9.64. The SMILES string of the molecule is [N-]=[N+]=CCCN(C(=O)O)[C@H](C=O)c1ccccc1. The lowest BCUT2D eigenvalue weighted by Crippen LogP contribution is -2.35. The quantitative estimate of drug-likeness (QED) is 0.358. The Bertz CT molecular complexity index is 455. The number of nitrogens with zero attached hydrogens (tertiary/aromatic N) is 3. The minimum Gasteiger partial charge on any atom is -0.465 e. The van der Waals surface area contributed by atoms with Crippen molar-refractivity contribution in [2.24, 2.45) is 0 Å². The zero-order valence-corrected chi connectivity index (χ0v) is 9.64. The molecular formula is C12H13N3O3. The number of benzene rings is 1. The van der Waals surface area contributed by atoms with Crippen molar-refractivity contribution in [2.75, 3.05) is 6.54 Å². The Kier molecular flexibility index (Phi) is 5.28. The molecule has 0 heterocycles. The highest BCUT2D eigenvalue weighted by Gasteiger charge is 2.23. The van der Waals surface area contributed by atoms with Crippen LogP contribution in [0.4, 0.5) is 4.79 Å². The summed E-state index contributed by atoms with van der Waals surface area (Å²) < 4.78 is 0. The molecule has 0 fully saturated rings. The smallest absolute Gasteiger partial charge is 0.408 e. The molecular weight excluding hydrogens is 234 g/mol. The van der Waals surface area contributed by atoms with Crippen LogP contribution in [0.5, 0.6) is 0 Å². The summed E-state index contributed by atoms with van der Waals surface area (Å²) in [7, 11) is 0. The van der Waals surface area contributed by atoms with Gasteiger partial charge in [0.05, 0.1) is 6.42 Å². The van der Waals surface area contributed by atoms with Gasteiger partial charge >= 0.3 is 6.09 Å². The van der Waals surface area contributed by atoms with Gasteiger partial charge in [0.2, 0.25) is 0 Å². The fourth-order valence-electron chi connectivity index (χ4n) is 1.59. The van der Waals surface area contributed by atoms with E-state index in [1.807, 2.05) is 0 Å². The van der Waals surface area contributed by atoms with Gasteiger partial charge in [0.1, 0.15) is 12.3 Å². The average molecular weight is 247 g/mol.